The van der Waals surface area contributed by atoms with Crippen LogP contribution in [-0.2, 0) is 22.5 Å². The van der Waals surface area contributed by atoms with Gasteiger partial charge in [0.05, 0.1) is 25.2 Å². The highest BCUT2D eigenvalue weighted by molar-refractivity contribution is 5.92. The van der Waals surface area contributed by atoms with E-state index in [1.165, 1.54) is 5.56 Å². The lowest BCUT2D eigenvalue weighted by molar-refractivity contribution is -0.119. The molecule has 2 aromatic carbocycles. The van der Waals surface area contributed by atoms with Crippen LogP contribution in [0.2, 0.25) is 0 Å². The van der Waals surface area contributed by atoms with E-state index in [0.29, 0.717) is 13.0 Å². The highest BCUT2D eigenvalue weighted by atomic mass is 16.5. The fraction of sp³-hybridized carbons (Fsp3) is 0.435. The third kappa shape index (κ3) is 4.61. The van der Waals surface area contributed by atoms with Gasteiger partial charge in [-0.15, -0.1) is 0 Å². The summed E-state index contributed by atoms with van der Waals surface area (Å²) in [4.78, 5) is 15.1. The predicted molar refractivity (Wildman–Crippen MR) is 109 cm³/mol. The molecule has 5 heteroatoms. The zero-order chi connectivity index (χ0) is 19.3. The molecule has 28 heavy (non-hydrogen) atoms. The molecule has 0 radical (unpaired) electrons. The number of anilines is 1. The average molecular weight is 380 g/mol. The van der Waals surface area contributed by atoms with Gasteiger partial charge in [-0.3, -0.25) is 9.69 Å². The highest BCUT2D eigenvalue weighted by Crippen LogP contribution is 2.30. The first kappa shape index (κ1) is 19.1. The SMILES string of the molecule is O=C(CC1OCCc2ccccc21)Nc1ccccc1CN1CCC(O)CC1. The zero-order valence-corrected chi connectivity index (χ0v) is 16.1. The van der Waals surface area contributed by atoms with Gasteiger partial charge in [0.15, 0.2) is 0 Å². The minimum absolute atomic E-state index is 0.0248. The Kier molecular flexibility index (Phi) is 6.05. The van der Waals surface area contributed by atoms with Gasteiger partial charge in [-0.1, -0.05) is 42.5 Å². The van der Waals surface area contributed by atoms with Crippen molar-refractivity contribution < 1.29 is 14.6 Å². The Hall–Kier alpha value is -2.21. The van der Waals surface area contributed by atoms with E-state index in [0.717, 1.165) is 55.7 Å². The number of para-hydroxylation sites is 1. The van der Waals surface area contributed by atoms with Gasteiger partial charge in [-0.2, -0.15) is 0 Å². The van der Waals surface area contributed by atoms with E-state index in [2.05, 4.69) is 28.4 Å². The second kappa shape index (κ2) is 8.86. The second-order valence-electron chi connectivity index (χ2n) is 7.73. The number of rotatable bonds is 5. The number of carbonyl (C=O) groups excluding carboxylic acids is 1. The first-order chi connectivity index (χ1) is 13.7. The summed E-state index contributed by atoms with van der Waals surface area (Å²) in [6.07, 6.45) is 2.49. The number of nitrogens with one attached hydrogen (secondary N) is 1. The van der Waals surface area contributed by atoms with Crippen molar-refractivity contribution in [1.82, 2.24) is 4.90 Å². The molecule has 1 unspecified atom stereocenters. The van der Waals surface area contributed by atoms with Crippen LogP contribution in [-0.4, -0.2) is 41.7 Å². The summed E-state index contributed by atoms with van der Waals surface area (Å²) in [5.74, 6) is -0.0248. The summed E-state index contributed by atoms with van der Waals surface area (Å²) in [7, 11) is 0. The summed E-state index contributed by atoms with van der Waals surface area (Å²) in [5, 5.41) is 12.8. The molecule has 0 bridgehead atoms. The first-order valence-corrected chi connectivity index (χ1v) is 10.2. The molecule has 2 heterocycles. The van der Waals surface area contributed by atoms with E-state index in [-0.39, 0.29) is 18.1 Å². The molecule has 2 N–H and O–H groups in total. The zero-order valence-electron chi connectivity index (χ0n) is 16.1. The topological polar surface area (TPSA) is 61.8 Å². The van der Waals surface area contributed by atoms with Crippen LogP contribution in [0.15, 0.2) is 48.5 Å². The van der Waals surface area contributed by atoms with Crippen molar-refractivity contribution in [1.29, 1.82) is 0 Å². The lowest BCUT2D eigenvalue weighted by Gasteiger charge is -2.30. The number of benzene rings is 2. The van der Waals surface area contributed by atoms with Crippen molar-refractivity contribution in [3.05, 3.63) is 65.2 Å². The Balaban J connectivity index is 1.40. The quantitative estimate of drug-likeness (QED) is 0.836. The molecular weight excluding hydrogens is 352 g/mol. The fourth-order valence-electron chi connectivity index (χ4n) is 4.11. The van der Waals surface area contributed by atoms with E-state index >= 15 is 0 Å². The second-order valence-corrected chi connectivity index (χ2v) is 7.73. The van der Waals surface area contributed by atoms with Crippen LogP contribution < -0.4 is 5.32 Å². The summed E-state index contributed by atoms with van der Waals surface area (Å²) < 4.78 is 5.88. The predicted octanol–water partition coefficient (Wildman–Crippen LogP) is 3.29. The third-order valence-corrected chi connectivity index (χ3v) is 5.71. The normalized spacial score (nSPS) is 20.5. The van der Waals surface area contributed by atoms with Crippen LogP contribution in [0.1, 0.15) is 42.1 Å². The molecule has 0 aliphatic carbocycles. The average Bonchev–Trinajstić information content (AvgIpc) is 2.71. The molecule has 148 valence electrons. The Morgan fingerprint density at radius 3 is 2.71 bits per heavy atom. The van der Waals surface area contributed by atoms with Crippen LogP contribution in [0, 0.1) is 0 Å². The van der Waals surface area contributed by atoms with Gasteiger partial charge < -0.3 is 15.2 Å². The largest absolute Gasteiger partial charge is 0.393 e. The lowest BCUT2D eigenvalue weighted by Crippen LogP contribution is -2.35. The monoisotopic (exact) mass is 380 g/mol. The number of ether oxygens (including phenoxy) is 1. The van der Waals surface area contributed by atoms with Crippen LogP contribution in [0.4, 0.5) is 5.69 Å². The number of hydrogen-bond donors (Lipinski definition) is 2. The van der Waals surface area contributed by atoms with E-state index in [1.54, 1.807) is 0 Å². The Morgan fingerprint density at radius 1 is 1.11 bits per heavy atom. The van der Waals surface area contributed by atoms with Crippen LogP contribution >= 0.6 is 0 Å². The van der Waals surface area contributed by atoms with Crippen molar-refractivity contribution in [2.45, 2.75) is 44.4 Å². The molecule has 1 saturated heterocycles. The molecule has 1 fully saturated rings. The highest BCUT2D eigenvalue weighted by Gasteiger charge is 2.24. The molecule has 0 aromatic heterocycles. The van der Waals surface area contributed by atoms with Crippen LogP contribution in [0.5, 0.6) is 0 Å². The Morgan fingerprint density at radius 2 is 1.86 bits per heavy atom. The van der Waals surface area contributed by atoms with Crippen molar-refractivity contribution in [2.24, 2.45) is 0 Å². The number of carbonyl (C=O) groups is 1. The third-order valence-electron chi connectivity index (χ3n) is 5.71. The summed E-state index contributed by atoms with van der Waals surface area (Å²) in [5.41, 5.74) is 4.38. The first-order valence-electron chi connectivity index (χ1n) is 10.2. The minimum Gasteiger partial charge on any atom is -0.393 e. The Labute approximate surface area is 166 Å². The Bertz CT molecular complexity index is 815. The van der Waals surface area contributed by atoms with Crippen LogP contribution in [0.25, 0.3) is 0 Å². The maximum atomic E-state index is 12.7. The summed E-state index contributed by atoms with van der Waals surface area (Å²) in [6.45, 7) is 3.21. The van der Waals surface area contributed by atoms with Gasteiger partial charge in [0.25, 0.3) is 0 Å². The summed E-state index contributed by atoms with van der Waals surface area (Å²) in [6, 6.07) is 16.2. The van der Waals surface area contributed by atoms with Gasteiger partial charge in [0.1, 0.15) is 0 Å². The van der Waals surface area contributed by atoms with Gasteiger partial charge in [-0.25, -0.2) is 0 Å². The molecule has 0 spiro atoms. The summed E-state index contributed by atoms with van der Waals surface area (Å²) >= 11 is 0. The maximum absolute atomic E-state index is 12.7. The van der Waals surface area contributed by atoms with E-state index < -0.39 is 0 Å². The number of nitrogens with zero attached hydrogens (tertiary/aromatic N) is 1. The molecular formula is C23H28N2O3. The number of likely N-dealkylation sites (tertiary alicyclic amines) is 1. The molecule has 5 nitrogen and oxygen atoms in total. The number of aliphatic hydroxyl groups is 1. The molecule has 4 rings (SSSR count). The number of hydrogen-bond acceptors (Lipinski definition) is 4. The molecule has 1 amide bonds. The van der Waals surface area contributed by atoms with Gasteiger partial charge in [-0.05, 0) is 42.0 Å². The van der Waals surface area contributed by atoms with Crippen molar-refractivity contribution in [2.75, 3.05) is 25.0 Å². The fourth-order valence-corrected chi connectivity index (χ4v) is 4.11. The molecule has 2 aromatic rings. The number of amides is 1. The van der Waals surface area contributed by atoms with Gasteiger partial charge in [0.2, 0.25) is 5.91 Å². The standard InChI is InChI=1S/C23H28N2O3/c26-19-9-12-25(13-10-19)16-18-6-2-4-8-21(18)24-23(27)15-22-20-7-3-1-5-17(20)11-14-28-22/h1-8,19,22,26H,9-16H2,(H,24,27). The lowest BCUT2D eigenvalue weighted by atomic mass is 9.95. The van der Waals surface area contributed by atoms with E-state index in [1.807, 2.05) is 30.3 Å². The molecule has 0 saturated carbocycles. The van der Waals surface area contributed by atoms with Crippen LogP contribution in [0.3, 0.4) is 0 Å². The van der Waals surface area contributed by atoms with Gasteiger partial charge in [0, 0.05) is 25.3 Å². The van der Waals surface area contributed by atoms with Crippen molar-refractivity contribution in [3.8, 4) is 0 Å². The maximum Gasteiger partial charge on any atom is 0.227 e. The van der Waals surface area contributed by atoms with E-state index in [4.69, 9.17) is 4.74 Å². The minimum atomic E-state index is -0.180. The van der Waals surface area contributed by atoms with Gasteiger partial charge >= 0.3 is 0 Å². The smallest absolute Gasteiger partial charge is 0.227 e. The molecule has 1 atom stereocenters. The molecule has 2 aliphatic rings. The van der Waals surface area contributed by atoms with E-state index in [9.17, 15) is 9.90 Å². The number of fused-ring (bicyclic) bond motifs is 1. The molecule has 2 aliphatic heterocycles. The number of piperidine rings is 1. The van der Waals surface area contributed by atoms with Crippen molar-refractivity contribution >= 4 is 11.6 Å². The van der Waals surface area contributed by atoms with Crippen molar-refractivity contribution in [3.63, 3.8) is 0 Å². The number of aliphatic hydroxyl groups excluding tert-OH is 1.